The third-order valence-electron chi connectivity index (χ3n) is 4.51. The van der Waals surface area contributed by atoms with E-state index in [-0.39, 0.29) is 30.9 Å². The molecule has 0 amide bonds. The number of aryl methyl sites for hydroxylation is 1. The van der Waals surface area contributed by atoms with Crippen molar-refractivity contribution in [2.75, 3.05) is 13.2 Å². The summed E-state index contributed by atoms with van der Waals surface area (Å²) in [5.41, 5.74) is 3.52. The molecule has 0 bridgehead atoms. The third kappa shape index (κ3) is 6.78. The SMILES string of the molecule is Cc1oc2ccccc2c1CN(CCCOC(C)C)Cc1ccncc1.Cl.Cl. The van der Waals surface area contributed by atoms with Gasteiger partial charge in [0.2, 0.25) is 0 Å². The fraction of sp³-hybridized carbons (Fsp3) is 0.409. The second-order valence-electron chi connectivity index (χ2n) is 6.97. The molecule has 0 N–H and O–H groups in total. The van der Waals surface area contributed by atoms with Crippen molar-refractivity contribution < 1.29 is 9.15 Å². The molecule has 0 spiro atoms. The van der Waals surface area contributed by atoms with E-state index in [2.05, 4.69) is 54.9 Å². The molecule has 0 saturated carbocycles. The van der Waals surface area contributed by atoms with Gasteiger partial charge in [0.1, 0.15) is 11.3 Å². The maximum Gasteiger partial charge on any atom is 0.134 e. The Balaban J connectivity index is 0.00000196. The first-order valence-electron chi connectivity index (χ1n) is 9.33. The zero-order chi connectivity index (χ0) is 18.4. The van der Waals surface area contributed by atoms with E-state index in [9.17, 15) is 0 Å². The van der Waals surface area contributed by atoms with Gasteiger partial charge in [-0.3, -0.25) is 9.88 Å². The number of aromatic nitrogens is 1. The van der Waals surface area contributed by atoms with Crippen LogP contribution in [-0.4, -0.2) is 29.1 Å². The van der Waals surface area contributed by atoms with Gasteiger partial charge in [-0.25, -0.2) is 0 Å². The van der Waals surface area contributed by atoms with Gasteiger partial charge < -0.3 is 9.15 Å². The van der Waals surface area contributed by atoms with E-state index in [1.165, 1.54) is 16.5 Å². The van der Waals surface area contributed by atoms with Gasteiger partial charge in [-0.2, -0.15) is 0 Å². The largest absolute Gasteiger partial charge is 0.461 e. The fourth-order valence-electron chi connectivity index (χ4n) is 3.21. The van der Waals surface area contributed by atoms with Gasteiger partial charge in [0.25, 0.3) is 0 Å². The van der Waals surface area contributed by atoms with Crippen molar-refractivity contribution in [3.63, 3.8) is 0 Å². The fourth-order valence-corrected chi connectivity index (χ4v) is 3.21. The molecule has 154 valence electrons. The summed E-state index contributed by atoms with van der Waals surface area (Å²) in [6.07, 6.45) is 5.00. The molecule has 3 aromatic rings. The first kappa shape index (κ1) is 24.4. The van der Waals surface area contributed by atoms with Crippen molar-refractivity contribution in [2.24, 2.45) is 0 Å². The summed E-state index contributed by atoms with van der Waals surface area (Å²) < 4.78 is 11.7. The summed E-state index contributed by atoms with van der Waals surface area (Å²) >= 11 is 0. The zero-order valence-electron chi connectivity index (χ0n) is 16.8. The molecule has 0 aliphatic rings. The monoisotopic (exact) mass is 424 g/mol. The summed E-state index contributed by atoms with van der Waals surface area (Å²) in [6, 6.07) is 12.4. The second kappa shape index (κ2) is 12.1. The van der Waals surface area contributed by atoms with Gasteiger partial charge in [0.15, 0.2) is 0 Å². The van der Waals surface area contributed by atoms with Crippen LogP contribution in [0, 0.1) is 6.92 Å². The Kier molecular flexibility index (Phi) is 10.5. The highest BCUT2D eigenvalue weighted by Gasteiger charge is 2.15. The average molecular weight is 425 g/mol. The summed E-state index contributed by atoms with van der Waals surface area (Å²) in [5, 5.41) is 1.21. The maximum absolute atomic E-state index is 5.95. The predicted molar refractivity (Wildman–Crippen MR) is 120 cm³/mol. The number of hydrogen-bond acceptors (Lipinski definition) is 4. The smallest absolute Gasteiger partial charge is 0.134 e. The van der Waals surface area contributed by atoms with Crippen LogP contribution in [0.1, 0.15) is 37.2 Å². The topological polar surface area (TPSA) is 38.5 Å². The number of fused-ring (bicyclic) bond motifs is 1. The lowest BCUT2D eigenvalue weighted by atomic mass is 10.1. The van der Waals surface area contributed by atoms with Crippen LogP contribution < -0.4 is 0 Å². The number of pyridine rings is 1. The highest BCUT2D eigenvalue weighted by molar-refractivity contribution is 5.85. The van der Waals surface area contributed by atoms with E-state index < -0.39 is 0 Å². The van der Waals surface area contributed by atoms with Crippen LogP contribution in [0.5, 0.6) is 0 Å². The minimum Gasteiger partial charge on any atom is -0.461 e. The molecular weight excluding hydrogens is 395 g/mol. The standard InChI is InChI=1S/C22H28N2O2.2ClH/c1-17(2)25-14-6-13-24(15-19-9-11-23-12-10-19)16-21-18(3)26-22-8-5-4-7-20(21)22;;/h4-5,7-12,17H,6,13-16H2,1-3H3;2*1H. The summed E-state index contributed by atoms with van der Waals surface area (Å²) in [6.45, 7) is 9.74. The molecule has 2 heterocycles. The van der Waals surface area contributed by atoms with Crippen molar-refractivity contribution in [1.82, 2.24) is 9.88 Å². The number of halogens is 2. The van der Waals surface area contributed by atoms with Crippen LogP contribution >= 0.6 is 24.8 Å². The van der Waals surface area contributed by atoms with Crippen molar-refractivity contribution in [3.05, 3.63) is 65.7 Å². The van der Waals surface area contributed by atoms with Gasteiger partial charge >= 0.3 is 0 Å². The summed E-state index contributed by atoms with van der Waals surface area (Å²) in [4.78, 5) is 6.59. The van der Waals surface area contributed by atoms with Gasteiger partial charge in [0, 0.05) is 49.6 Å². The van der Waals surface area contributed by atoms with Crippen LogP contribution in [0.4, 0.5) is 0 Å². The van der Waals surface area contributed by atoms with Crippen molar-refractivity contribution in [2.45, 2.75) is 46.4 Å². The Morgan fingerprint density at radius 3 is 2.46 bits per heavy atom. The van der Waals surface area contributed by atoms with Gasteiger partial charge in [-0.05, 0) is 51.0 Å². The highest BCUT2D eigenvalue weighted by Crippen LogP contribution is 2.27. The van der Waals surface area contributed by atoms with Crippen LogP contribution in [0.15, 0.2) is 53.2 Å². The molecule has 0 aliphatic carbocycles. The molecule has 0 radical (unpaired) electrons. The molecule has 0 atom stereocenters. The van der Waals surface area contributed by atoms with Crippen LogP contribution in [0.3, 0.4) is 0 Å². The normalized spacial score (nSPS) is 10.9. The molecular formula is C22H30Cl2N2O2. The van der Waals surface area contributed by atoms with Crippen LogP contribution in [0.25, 0.3) is 11.0 Å². The van der Waals surface area contributed by atoms with E-state index >= 15 is 0 Å². The summed E-state index contributed by atoms with van der Waals surface area (Å²) in [7, 11) is 0. The molecule has 6 heteroatoms. The average Bonchev–Trinajstić information content (AvgIpc) is 2.95. The number of para-hydroxylation sites is 1. The van der Waals surface area contributed by atoms with Gasteiger partial charge in [-0.1, -0.05) is 18.2 Å². The maximum atomic E-state index is 5.95. The Hall–Kier alpha value is -1.59. The molecule has 0 unspecified atom stereocenters. The lowest BCUT2D eigenvalue weighted by Gasteiger charge is -2.23. The second-order valence-corrected chi connectivity index (χ2v) is 6.97. The zero-order valence-corrected chi connectivity index (χ0v) is 18.4. The Labute approximate surface area is 180 Å². The molecule has 0 aliphatic heterocycles. The van der Waals surface area contributed by atoms with Crippen LogP contribution in [-0.2, 0) is 17.8 Å². The number of furan rings is 1. The molecule has 0 saturated heterocycles. The molecule has 28 heavy (non-hydrogen) atoms. The number of nitrogens with zero attached hydrogens (tertiary/aromatic N) is 2. The van der Waals surface area contributed by atoms with E-state index in [1.807, 2.05) is 24.5 Å². The molecule has 3 rings (SSSR count). The minimum absolute atomic E-state index is 0. The minimum atomic E-state index is 0. The Morgan fingerprint density at radius 1 is 1.04 bits per heavy atom. The van der Waals surface area contributed by atoms with Crippen molar-refractivity contribution in [1.29, 1.82) is 0 Å². The van der Waals surface area contributed by atoms with Gasteiger partial charge in [0.05, 0.1) is 6.10 Å². The third-order valence-corrected chi connectivity index (χ3v) is 4.51. The lowest BCUT2D eigenvalue weighted by molar-refractivity contribution is 0.0693. The van der Waals surface area contributed by atoms with Crippen molar-refractivity contribution in [3.8, 4) is 0 Å². The van der Waals surface area contributed by atoms with E-state index in [0.29, 0.717) is 0 Å². The van der Waals surface area contributed by atoms with E-state index in [0.717, 1.165) is 44.0 Å². The number of ether oxygens (including phenoxy) is 1. The number of benzene rings is 1. The van der Waals surface area contributed by atoms with E-state index in [1.54, 1.807) is 0 Å². The Bertz CT molecular complexity index is 822. The predicted octanol–water partition coefficient (Wildman–Crippen LogP) is 5.80. The molecule has 0 fully saturated rings. The molecule has 2 aromatic heterocycles. The number of rotatable bonds is 9. The summed E-state index contributed by atoms with van der Waals surface area (Å²) in [5.74, 6) is 1.00. The van der Waals surface area contributed by atoms with Gasteiger partial charge in [-0.15, -0.1) is 24.8 Å². The Morgan fingerprint density at radius 2 is 1.75 bits per heavy atom. The van der Waals surface area contributed by atoms with Crippen molar-refractivity contribution >= 4 is 35.8 Å². The molecule has 1 aromatic carbocycles. The first-order chi connectivity index (χ1) is 12.6. The molecule has 4 nitrogen and oxygen atoms in total. The first-order valence-corrected chi connectivity index (χ1v) is 9.33. The quantitative estimate of drug-likeness (QED) is 0.407. The number of hydrogen-bond donors (Lipinski definition) is 0. The highest BCUT2D eigenvalue weighted by atomic mass is 35.5. The van der Waals surface area contributed by atoms with E-state index in [4.69, 9.17) is 9.15 Å². The van der Waals surface area contributed by atoms with Crippen LogP contribution in [0.2, 0.25) is 0 Å². The lowest BCUT2D eigenvalue weighted by Crippen LogP contribution is -2.25.